The Kier molecular flexibility index (Phi) is 4.62. The lowest BCUT2D eigenvalue weighted by Crippen LogP contribution is -2.45. The maximum atomic E-state index is 3.89. The molecule has 3 unspecified atom stereocenters. The van der Waals surface area contributed by atoms with Crippen LogP contribution in [-0.2, 0) is 0 Å². The SMILES string of the molecule is CCN(CC)CCCNC1CC2CCC1(C)C2(C)C. The van der Waals surface area contributed by atoms with Crippen molar-refractivity contribution in [3.8, 4) is 0 Å². The highest BCUT2D eigenvalue weighted by molar-refractivity contribution is 5.12. The van der Waals surface area contributed by atoms with Gasteiger partial charge in [0.25, 0.3) is 0 Å². The summed E-state index contributed by atoms with van der Waals surface area (Å²) in [4.78, 5) is 2.52. The molecule has 2 nitrogen and oxygen atoms in total. The van der Waals surface area contributed by atoms with Crippen LogP contribution < -0.4 is 5.32 Å². The first-order valence-electron chi connectivity index (χ1n) is 8.41. The molecule has 2 bridgehead atoms. The van der Waals surface area contributed by atoms with Crippen LogP contribution in [-0.4, -0.2) is 37.1 Å². The monoisotopic (exact) mass is 266 g/mol. The molecule has 112 valence electrons. The van der Waals surface area contributed by atoms with Crippen LogP contribution in [0.25, 0.3) is 0 Å². The van der Waals surface area contributed by atoms with E-state index in [4.69, 9.17) is 0 Å². The largest absolute Gasteiger partial charge is 0.313 e. The van der Waals surface area contributed by atoms with Gasteiger partial charge in [-0.1, -0.05) is 34.6 Å². The molecule has 3 atom stereocenters. The third-order valence-corrected chi connectivity index (χ3v) is 6.73. The van der Waals surface area contributed by atoms with Crippen molar-refractivity contribution in [1.29, 1.82) is 0 Å². The minimum absolute atomic E-state index is 0.535. The Balaban J connectivity index is 1.76. The summed E-state index contributed by atoms with van der Waals surface area (Å²) in [6, 6.07) is 0.762. The Labute approximate surface area is 120 Å². The van der Waals surface area contributed by atoms with Gasteiger partial charge >= 0.3 is 0 Å². The predicted octanol–water partition coefficient (Wildman–Crippen LogP) is 3.52. The average Bonchev–Trinajstić information content (AvgIpc) is 2.72. The Bertz CT molecular complexity index is 296. The molecule has 0 aromatic carbocycles. The summed E-state index contributed by atoms with van der Waals surface area (Å²) in [5.74, 6) is 0.956. The van der Waals surface area contributed by atoms with E-state index in [-0.39, 0.29) is 0 Å². The summed E-state index contributed by atoms with van der Waals surface area (Å²) in [6.07, 6.45) is 5.59. The van der Waals surface area contributed by atoms with E-state index < -0.39 is 0 Å². The first kappa shape index (κ1) is 15.3. The lowest BCUT2D eigenvalue weighted by Gasteiger charge is -2.39. The number of hydrogen-bond acceptors (Lipinski definition) is 2. The smallest absolute Gasteiger partial charge is 0.0129 e. The van der Waals surface area contributed by atoms with Crippen molar-refractivity contribution in [2.75, 3.05) is 26.2 Å². The van der Waals surface area contributed by atoms with Gasteiger partial charge in [-0.3, -0.25) is 0 Å². The van der Waals surface area contributed by atoms with Crippen LogP contribution in [0.2, 0.25) is 0 Å². The minimum atomic E-state index is 0.535. The van der Waals surface area contributed by atoms with E-state index in [9.17, 15) is 0 Å². The van der Waals surface area contributed by atoms with Crippen LogP contribution in [0.3, 0.4) is 0 Å². The van der Waals surface area contributed by atoms with Crippen molar-refractivity contribution in [1.82, 2.24) is 10.2 Å². The Morgan fingerprint density at radius 2 is 1.84 bits per heavy atom. The zero-order chi connectivity index (χ0) is 14.1. The first-order valence-corrected chi connectivity index (χ1v) is 8.41. The second-order valence-corrected chi connectivity index (χ2v) is 7.50. The van der Waals surface area contributed by atoms with Gasteiger partial charge in [-0.2, -0.15) is 0 Å². The van der Waals surface area contributed by atoms with Gasteiger partial charge < -0.3 is 10.2 Å². The Morgan fingerprint density at radius 1 is 1.16 bits per heavy atom. The minimum Gasteiger partial charge on any atom is -0.313 e. The highest BCUT2D eigenvalue weighted by Gasteiger charge is 2.60. The zero-order valence-electron chi connectivity index (χ0n) is 13.8. The van der Waals surface area contributed by atoms with Crippen molar-refractivity contribution in [3.63, 3.8) is 0 Å². The fourth-order valence-corrected chi connectivity index (χ4v) is 4.63. The van der Waals surface area contributed by atoms with Gasteiger partial charge in [0.2, 0.25) is 0 Å². The first-order chi connectivity index (χ1) is 8.95. The van der Waals surface area contributed by atoms with E-state index >= 15 is 0 Å². The summed E-state index contributed by atoms with van der Waals surface area (Å²) in [5, 5.41) is 3.89. The third-order valence-electron chi connectivity index (χ3n) is 6.73. The third kappa shape index (κ3) is 2.58. The second kappa shape index (κ2) is 5.73. The van der Waals surface area contributed by atoms with Gasteiger partial charge in [0, 0.05) is 6.04 Å². The van der Waals surface area contributed by atoms with Crippen molar-refractivity contribution in [2.45, 2.75) is 66.3 Å². The van der Waals surface area contributed by atoms with Crippen molar-refractivity contribution in [3.05, 3.63) is 0 Å². The number of rotatable bonds is 7. The highest BCUT2D eigenvalue weighted by Crippen LogP contribution is 2.65. The molecule has 0 aliphatic heterocycles. The zero-order valence-corrected chi connectivity index (χ0v) is 13.8. The number of nitrogens with one attached hydrogen (secondary N) is 1. The maximum absolute atomic E-state index is 3.89. The molecule has 1 N–H and O–H groups in total. The van der Waals surface area contributed by atoms with E-state index in [1.54, 1.807) is 0 Å². The molecule has 2 rings (SSSR count). The molecule has 2 saturated carbocycles. The molecule has 2 aliphatic carbocycles. The molecule has 19 heavy (non-hydrogen) atoms. The molecule has 2 heteroatoms. The molecule has 0 heterocycles. The van der Waals surface area contributed by atoms with Crippen LogP contribution >= 0.6 is 0 Å². The van der Waals surface area contributed by atoms with Crippen molar-refractivity contribution < 1.29 is 0 Å². The number of hydrogen-bond donors (Lipinski definition) is 1. The van der Waals surface area contributed by atoms with E-state index in [0.717, 1.165) is 12.0 Å². The van der Waals surface area contributed by atoms with E-state index in [1.807, 2.05) is 0 Å². The Hall–Kier alpha value is -0.0800. The molecule has 0 aromatic rings. The van der Waals surface area contributed by atoms with E-state index in [2.05, 4.69) is 44.8 Å². The Morgan fingerprint density at radius 3 is 2.32 bits per heavy atom. The lowest BCUT2D eigenvalue weighted by molar-refractivity contribution is 0.120. The van der Waals surface area contributed by atoms with Gasteiger partial charge in [0.1, 0.15) is 0 Å². The van der Waals surface area contributed by atoms with Crippen molar-refractivity contribution in [2.24, 2.45) is 16.7 Å². The molecule has 2 aliphatic rings. The summed E-state index contributed by atoms with van der Waals surface area (Å²) >= 11 is 0. The van der Waals surface area contributed by atoms with Gasteiger partial charge in [-0.05, 0) is 68.6 Å². The van der Waals surface area contributed by atoms with E-state index in [1.165, 1.54) is 51.9 Å². The summed E-state index contributed by atoms with van der Waals surface area (Å²) in [7, 11) is 0. The van der Waals surface area contributed by atoms with Gasteiger partial charge in [0.15, 0.2) is 0 Å². The molecular weight excluding hydrogens is 232 g/mol. The van der Waals surface area contributed by atoms with Crippen LogP contribution in [0.1, 0.15) is 60.3 Å². The standard InChI is InChI=1S/C17H34N2/c1-6-19(7-2)12-8-11-18-15-13-14-9-10-17(15,5)16(14,3)4/h14-15,18H,6-13H2,1-5H3. The van der Waals surface area contributed by atoms with E-state index in [0.29, 0.717) is 10.8 Å². The maximum Gasteiger partial charge on any atom is 0.0129 e. The lowest BCUT2D eigenvalue weighted by atomic mass is 9.69. The normalized spacial score (nSPS) is 36.3. The number of nitrogens with zero attached hydrogens (tertiary/aromatic N) is 1. The van der Waals surface area contributed by atoms with Gasteiger partial charge in [-0.25, -0.2) is 0 Å². The predicted molar refractivity (Wildman–Crippen MR) is 83.4 cm³/mol. The highest BCUT2D eigenvalue weighted by atomic mass is 15.1. The van der Waals surface area contributed by atoms with Crippen molar-refractivity contribution >= 4 is 0 Å². The molecule has 0 radical (unpaired) electrons. The van der Waals surface area contributed by atoms with Crippen LogP contribution in [0.4, 0.5) is 0 Å². The van der Waals surface area contributed by atoms with Crippen LogP contribution in [0.15, 0.2) is 0 Å². The fourth-order valence-electron chi connectivity index (χ4n) is 4.63. The summed E-state index contributed by atoms with van der Waals surface area (Å²) in [6.45, 7) is 16.9. The topological polar surface area (TPSA) is 15.3 Å². The van der Waals surface area contributed by atoms with Gasteiger partial charge in [-0.15, -0.1) is 0 Å². The molecule has 0 amide bonds. The summed E-state index contributed by atoms with van der Waals surface area (Å²) in [5.41, 5.74) is 1.08. The fraction of sp³-hybridized carbons (Fsp3) is 1.00. The second-order valence-electron chi connectivity index (χ2n) is 7.50. The molecule has 2 fully saturated rings. The average molecular weight is 266 g/mol. The number of fused-ring (bicyclic) bond motifs is 2. The molecule has 0 saturated heterocycles. The molecule has 0 aromatic heterocycles. The van der Waals surface area contributed by atoms with Crippen LogP contribution in [0.5, 0.6) is 0 Å². The molecular formula is C17H34N2. The quantitative estimate of drug-likeness (QED) is 0.709. The van der Waals surface area contributed by atoms with Crippen LogP contribution in [0, 0.1) is 16.7 Å². The molecule has 0 spiro atoms. The van der Waals surface area contributed by atoms with Gasteiger partial charge in [0.05, 0.1) is 0 Å². The summed E-state index contributed by atoms with van der Waals surface area (Å²) < 4.78 is 0.